The molecule has 0 aliphatic carbocycles. The van der Waals surface area contributed by atoms with Gasteiger partial charge in [-0.2, -0.15) is 0 Å². The molecule has 8 heteroatoms. The SMILES string of the molecule is COc1ccc(-n2c(SCC(=O)c3ccccc3)nnc2-c2sc3ccccc3c2Cl)cc1. The van der Waals surface area contributed by atoms with Crippen molar-refractivity contribution in [3.63, 3.8) is 0 Å². The van der Waals surface area contributed by atoms with Crippen molar-refractivity contribution in [3.05, 3.63) is 89.4 Å². The largest absolute Gasteiger partial charge is 0.497 e. The fourth-order valence-corrected chi connectivity index (χ4v) is 5.81. The van der Waals surface area contributed by atoms with Gasteiger partial charge in [0.1, 0.15) is 5.75 Å². The zero-order chi connectivity index (χ0) is 22.8. The first kappa shape index (κ1) is 21.7. The van der Waals surface area contributed by atoms with Crippen molar-refractivity contribution in [2.75, 3.05) is 12.9 Å². The molecular weight excluding hydrogens is 474 g/mol. The normalized spacial score (nSPS) is 11.1. The molecule has 0 saturated carbocycles. The van der Waals surface area contributed by atoms with E-state index in [1.54, 1.807) is 18.4 Å². The molecule has 3 aromatic carbocycles. The van der Waals surface area contributed by atoms with E-state index >= 15 is 0 Å². The number of fused-ring (bicyclic) bond motifs is 1. The van der Waals surface area contributed by atoms with Crippen LogP contribution in [0.2, 0.25) is 5.02 Å². The first-order valence-corrected chi connectivity index (χ1v) is 12.3. The van der Waals surface area contributed by atoms with Crippen LogP contribution in [0.3, 0.4) is 0 Å². The summed E-state index contributed by atoms with van der Waals surface area (Å²) in [6, 6.07) is 24.9. The number of ether oxygens (including phenoxy) is 1. The molecule has 0 aliphatic rings. The van der Waals surface area contributed by atoms with Crippen LogP contribution in [0.4, 0.5) is 0 Å². The molecule has 0 spiro atoms. The summed E-state index contributed by atoms with van der Waals surface area (Å²) in [4.78, 5) is 13.5. The van der Waals surface area contributed by atoms with Crippen molar-refractivity contribution in [1.29, 1.82) is 0 Å². The number of hydrogen-bond acceptors (Lipinski definition) is 6. The van der Waals surface area contributed by atoms with Crippen LogP contribution in [0.15, 0.2) is 84.0 Å². The Labute approximate surface area is 204 Å². The van der Waals surface area contributed by atoms with E-state index in [1.165, 1.54) is 11.8 Å². The van der Waals surface area contributed by atoms with Gasteiger partial charge in [0.2, 0.25) is 0 Å². The van der Waals surface area contributed by atoms with E-state index in [-0.39, 0.29) is 11.5 Å². The number of halogens is 1. The lowest BCUT2D eigenvalue weighted by atomic mass is 10.2. The van der Waals surface area contributed by atoms with E-state index in [1.807, 2.05) is 83.4 Å². The van der Waals surface area contributed by atoms with E-state index < -0.39 is 0 Å². The number of methoxy groups -OCH3 is 1. The molecule has 0 amide bonds. The Hall–Kier alpha value is -3.13. The number of aromatic nitrogens is 3. The molecule has 0 unspecified atom stereocenters. The van der Waals surface area contributed by atoms with Gasteiger partial charge in [0.15, 0.2) is 16.8 Å². The molecule has 2 heterocycles. The van der Waals surface area contributed by atoms with Crippen LogP contribution in [0.5, 0.6) is 5.75 Å². The minimum Gasteiger partial charge on any atom is -0.497 e. The topological polar surface area (TPSA) is 57.0 Å². The fourth-order valence-electron chi connectivity index (χ4n) is 3.47. The lowest BCUT2D eigenvalue weighted by Gasteiger charge is -2.10. The van der Waals surface area contributed by atoms with Crippen molar-refractivity contribution in [2.24, 2.45) is 0 Å². The number of Topliss-reactive ketones (excluding diaryl/α,β-unsaturated/α-hetero) is 1. The molecule has 5 rings (SSSR count). The van der Waals surface area contributed by atoms with Crippen molar-refractivity contribution in [1.82, 2.24) is 14.8 Å². The molecule has 5 nitrogen and oxygen atoms in total. The zero-order valence-corrected chi connectivity index (χ0v) is 20.0. The quantitative estimate of drug-likeness (QED) is 0.185. The molecule has 164 valence electrons. The summed E-state index contributed by atoms with van der Waals surface area (Å²) in [5, 5.41) is 11.2. The van der Waals surface area contributed by atoms with Crippen LogP contribution >= 0.6 is 34.7 Å². The van der Waals surface area contributed by atoms with Crippen LogP contribution in [-0.2, 0) is 0 Å². The Morgan fingerprint density at radius 2 is 1.73 bits per heavy atom. The molecule has 0 bridgehead atoms. The van der Waals surface area contributed by atoms with Gasteiger partial charge in [0.05, 0.1) is 28.4 Å². The van der Waals surface area contributed by atoms with Gasteiger partial charge in [-0.3, -0.25) is 9.36 Å². The standard InChI is InChI=1S/C25H18ClN3O2S2/c1-31-18-13-11-17(12-14-18)29-24(23-22(26)19-9-5-6-10-21(19)33-23)27-28-25(29)32-15-20(30)16-7-3-2-4-8-16/h2-14H,15H2,1H3. The summed E-state index contributed by atoms with van der Waals surface area (Å²) < 4.78 is 8.33. The Morgan fingerprint density at radius 3 is 2.45 bits per heavy atom. The highest BCUT2D eigenvalue weighted by Gasteiger charge is 2.22. The van der Waals surface area contributed by atoms with Crippen LogP contribution in [0.1, 0.15) is 10.4 Å². The summed E-state index contributed by atoms with van der Waals surface area (Å²) >= 11 is 9.69. The summed E-state index contributed by atoms with van der Waals surface area (Å²) in [6.45, 7) is 0. The second-order valence-corrected chi connectivity index (χ2v) is 9.53. The molecule has 0 aliphatic heterocycles. The van der Waals surface area contributed by atoms with E-state index in [0.717, 1.165) is 26.4 Å². The zero-order valence-electron chi connectivity index (χ0n) is 17.6. The molecule has 0 saturated heterocycles. The van der Waals surface area contributed by atoms with Crippen LogP contribution < -0.4 is 4.74 Å². The van der Waals surface area contributed by atoms with E-state index in [0.29, 0.717) is 21.6 Å². The van der Waals surface area contributed by atoms with E-state index in [2.05, 4.69) is 10.2 Å². The highest BCUT2D eigenvalue weighted by Crippen LogP contribution is 2.42. The van der Waals surface area contributed by atoms with Crippen LogP contribution in [0.25, 0.3) is 26.5 Å². The minimum absolute atomic E-state index is 0.0336. The fraction of sp³-hybridized carbons (Fsp3) is 0.0800. The third kappa shape index (κ3) is 4.27. The third-order valence-electron chi connectivity index (χ3n) is 5.13. The number of nitrogens with zero attached hydrogens (tertiary/aromatic N) is 3. The predicted molar refractivity (Wildman–Crippen MR) is 135 cm³/mol. The molecule has 33 heavy (non-hydrogen) atoms. The van der Waals surface area contributed by atoms with Gasteiger partial charge in [0.25, 0.3) is 0 Å². The molecular formula is C25H18ClN3O2S2. The number of carbonyl (C=O) groups is 1. The molecule has 5 aromatic rings. The molecule has 0 N–H and O–H groups in total. The average Bonchev–Trinajstić information content (AvgIpc) is 3.44. The van der Waals surface area contributed by atoms with Gasteiger partial charge in [-0.15, -0.1) is 21.5 Å². The third-order valence-corrected chi connectivity index (χ3v) is 7.73. The van der Waals surface area contributed by atoms with Crippen LogP contribution in [0, 0.1) is 0 Å². The van der Waals surface area contributed by atoms with Gasteiger partial charge in [-0.25, -0.2) is 0 Å². The molecule has 0 atom stereocenters. The maximum absolute atomic E-state index is 12.7. The number of thiophene rings is 1. The van der Waals surface area contributed by atoms with E-state index in [4.69, 9.17) is 16.3 Å². The van der Waals surface area contributed by atoms with Gasteiger partial charge in [-0.05, 0) is 30.3 Å². The van der Waals surface area contributed by atoms with E-state index in [9.17, 15) is 4.79 Å². The highest BCUT2D eigenvalue weighted by atomic mass is 35.5. The minimum atomic E-state index is 0.0336. The van der Waals surface area contributed by atoms with Gasteiger partial charge in [-0.1, -0.05) is 71.9 Å². The predicted octanol–water partition coefficient (Wildman–Crippen LogP) is 6.79. The first-order chi connectivity index (χ1) is 16.2. The molecule has 0 fully saturated rings. The van der Waals surface area contributed by atoms with Gasteiger partial charge in [0, 0.05) is 15.6 Å². The average molecular weight is 492 g/mol. The Bertz CT molecular complexity index is 1430. The van der Waals surface area contributed by atoms with Gasteiger partial charge >= 0.3 is 0 Å². The van der Waals surface area contributed by atoms with Crippen molar-refractivity contribution >= 4 is 50.6 Å². The molecule has 0 radical (unpaired) electrons. The maximum atomic E-state index is 12.7. The number of rotatable bonds is 7. The number of benzene rings is 3. The Morgan fingerprint density at radius 1 is 1.00 bits per heavy atom. The van der Waals surface area contributed by atoms with Crippen molar-refractivity contribution < 1.29 is 9.53 Å². The lowest BCUT2D eigenvalue weighted by molar-refractivity contribution is 0.102. The second-order valence-electron chi connectivity index (χ2n) is 7.16. The number of carbonyl (C=O) groups excluding carboxylic acids is 1. The van der Waals surface area contributed by atoms with Crippen LogP contribution in [-0.4, -0.2) is 33.4 Å². The summed E-state index contributed by atoms with van der Waals surface area (Å²) in [5.41, 5.74) is 1.53. The van der Waals surface area contributed by atoms with Crippen molar-refractivity contribution in [2.45, 2.75) is 5.16 Å². The lowest BCUT2D eigenvalue weighted by Crippen LogP contribution is -2.04. The Kier molecular flexibility index (Phi) is 6.17. The Balaban J connectivity index is 1.57. The smallest absolute Gasteiger partial charge is 0.196 e. The first-order valence-electron chi connectivity index (χ1n) is 10.1. The maximum Gasteiger partial charge on any atom is 0.196 e. The monoisotopic (exact) mass is 491 g/mol. The summed E-state index contributed by atoms with van der Waals surface area (Å²) in [7, 11) is 1.63. The van der Waals surface area contributed by atoms with Crippen molar-refractivity contribution in [3.8, 4) is 22.1 Å². The summed E-state index contributed by atoms with van der Waals surface area (Å²) in [5.74, 6) is 1.67. The highest BCUT2D eigenvalue weighted by molar-refractivity contribution is 7.99. The number of hydrogen-bond donors (Lipinski definition) is 0. The number of thioether (sulfide) groups is 1. The molecule has 2 aromatic heterocycles. The van der Waals surface area contributed by atoms with Gasteiger partial charge < -0.3 is 4.74 Å². The second kappa shape index (κ2) is 9.39. The number of ketones is 1. The summed E-state index contributed by atoms with van der Waals surface area (Å²) in [6.07, 6.45) is 0.